The monoisotopic (exact) mass is 226 g/mol. The summed E-state index contributed by atoms with van der Waals surface area (Å²) in [6.45, 7) is 7.51. The Morgan fingerprint density at radius 1 is 1.38 bits per heavy atom. The fourth-order valence-electron chi connectivity index (χ4n) is 2.13. The first kappa shape index (κ1) is 13.5. The molecule has 1 fully saturated rings. The Labute approximate surface area is 99.6 Å². The number of nitrogens with one attached hydrogen (secondary N) is 1. The first-order chi connectivity index (χ1) is 7.52. The number of carbonyl (C=O) groups excluding carboxylic acids is 1. The van der Waals surface area contributed by atoms with Crippen LogP contribution in [0.3, 0.4) is 0 Å². The van der Waals surface area contributed by atoms with Crippen molar-refractivity contribution < 1.29 is 4.79 Å². The van der Waals surface area contributed by atoms with Crippen molar-refractivity contribution in [3.05, 3.63) is 0 Å². The molecule has 0 bridgehead atoms. The molecular weight excluding hydrogens is 200 g/mol. The number of nitrogens with zero attached hydrogens (tertiary/aromatic N) is 1. The molecule has 1 aliphatic rings. The van der Waals surface area contributed by atoms with E-state index in [9.17, 15) is 4.79 Å². The third-order valence-corrected chi connectivity index (χ3v) is 3.80. The van der Waals surface area contributed by atoms with Gasteiger partial charge in [-0.15, -0.1) is 0 Å². The van der Waals surface area contributed by atoms with Crippen LogP contribution in [0.5, 0.6) is 0 Å². The second-order valence-corrected chi connectivity index (χ2v) is 5.34. The van der Waals surface area contributed by atoms with Gasteiger partial charge >= 0.3 is 0 Å². The molecule has 94 valence electrons. The minimum Gasteiger partial charge on any atom is -0.343 e. The van der Waals surface area contributed by atoms with Crippen molar-refractivity contribution in [1.29, 1.82) is 0 Å². The molecule has 0 aromatic heterocycles. The summed E-state index contributed by atoms with van der Waals surface area (Å²) < 4.78 is 0. The van der Waals surface area contributed by atoms with Gasteiger partial charge in [0.15, 0.2) is 0 Å². The summed E-state index contributed by atoms with van der Waals surface area (Å²) in [5.74, 6) is 0.800. The predicted octanol–water partition coefficient (Wildman–Crippen LogP) is 2.02. The van der Waals surface area contributed by atoms with E-state index < -0.39 is 0 Å². The van der Waals surface area contributed by atoms with Crippen molar-refractivity contribution in [3.8, 4) is 0 Å². The maximum Gasteiger partial charge on any atom is 0.224 e. The molecule has 0 radical (unpaired) electrons. The normalized spacial score (nSPS) is 23.2. The highest BCUT2D eigenvalue weighted by Crippen LogP contribution is 2.14. The van der Waals surface area contributed by atoms with Gasteiger partial charge in [0, 0.05) is 25.6 Å². The van der Waals surface area contributed by atoms with Crippen LogP contribution < -0.4 is 5.32 Å². The number of rotatable bonds is 4. The summed E-state index contributed by atoms with van der Waals surface area (Å²) in [4.78, 5) is 13.9. The average molecular weight is 226 g/mol. The average Bonchev–Trinajstić information content (AvgIpc) is 2.28. The van der Waals surface area contributed by atoms with E-state index in [1.807, 2.05) is 11.9 Å². The molecular formula is C13H26N2O. The molecule has 3 nitrogen and oxygen atoms in total. The molecule has 2 atom stereocenters. The summed E-state index contributed by atoms with van der Waals surface area (Å²) in [6.07, 6.45) is 4.32. The van der Waals surface area contributed by atoms with Crippen LogP contribution in [0.15, 0.2) is 0 Å². The first-order valence-electron chi connectivity index (χ1n) is 6.51. The van der Waals surface area contributed by atoms with Crippen LogP contribution >= 0.6 is 0 Å². The third kappa shape index (κ3) is 3.78. The highest BCUT2D eigenvalue weighted by atomic mass is 16.2. The maximum atomic E-state index is 12.0. The minimum absolute atomic E-state index is 0.278. The van der Waals surface area contributed by atoms with Crippen LogP contribution in [0.4, 0.5) is 0 Å². The number of hydrogen-bond acceptors (Lipinski definition) is 2. The van der Waals surface area contributed by atoms with Gasteiger partial charge < -0.3 is 10.2 Å². The van der Waals surface area contributed by atoms with Gasteiger partial charge in [-0.3, -0.25) is 4.79 Å². The molecule has 0 aliphatic carbocycles. The smallest absolute Gasteiger partial charge is 0.224 e. The third-order valence-electron chi connectivity index (χ3n) is 3.80. The Bertz CT molecular complexity index is 222. The van der Waals surface area contributed by atoms with Crippen molar-refractivity contribution in [3.63, 3.8) is 0 Å². The molecule has 3 heteroatoms. The van der Waals surface area contributed by atoms with Gasteiger partial charge in [-0.25, -0.2) is 0 Å². The summed E-state index contributed by atoms with van der Waals surface area (Å²) in [5, 5.41) is 3.43. The quantitative estimate of drug-likeness (QED) is 0.795. The highest BCUT2D eigenvalue weighted by molar-refractivity contribution is 5.76. The largest absolute Gasteiger partial charge is 0.343 e. The van der Waals surface area contributed by atoms with E-state index in [0.717, 1.165) is 13.0 Å². The molecule has 1 N–H and O–H groups in total. The topological polar surface area (TPSA) is 32.3 Å². The number of amides is 1. The van der Waals surface area contributed by atoms with E-state index in [2.05, 4.69) is 26.1 Å². The fraction of sp³-hybridized carbons (Fsp3) is 0.923. The molecule has 0 aromatic carbocycles. The molecule has 1 rings (SSSR count). The summed E-state index contributed by atoms with van der Waals surface area (Å²) in [7, 11) is 1.93. The Balaban J connectivity index is 2.38. The Kier molecular flexibility index (Phi) is 5.26. The number of carbonyl (C=O) groups is 1. The van der Waals surface area contributed by atoms with E-state index in [1.165, 1.54) is 12.8 Å². The van der Waals surface area contributed by atoms with Crippen molar-refractivity contribution in [1.82, 2.24) is 10.2 Å². The van der Waals surface area contributed by atoms with Crippen molar-refractivity contribution in [2.45, 2.75) is 58.5 Å². The van der Waals surface area contributed by atoms with Gasteiger partial charge in [0.1, 0.15) is 0 Å². The van der Waals surface area contributed by atoms with Crippen molar-refractivity contribution in [2.24, 2.45) is 5.92 Å². The van der Waals surface area contributed by atoms with Crippen molar-refractivity contribution in [2.75, 3.05) is 13.6 Å². The minimum atomic E-state index is 0.278. The zero-order chi connectivity index (χ0) is 12.1. The molecule has 16 heavy (non-hydrogen) atoms. The molecule has 1 aliphatic heterocycles. The van der Waals surface area contributed by atoms with E-state index in [1.54, 1.807) is 0 Å². The van der Waals surface area contributed by atoms with Gasteiger partial charge in [-0.1, -0.05) is 20.3 Å². The van der Waals surface area contributed by atoms with Gasteiger partial charge in [0.05, 0.1) is 0 Å². The maximum absolute atomic E-state index is 12.0. The summed E-state index contributed by atoms with van der Waals surface area (Å²) >= 11 is 0. The molecule has 1 saturated heterocycles. The molecule has 1 heterocycles. The lowest BCUT2D eigenvalue weighted by Gasteiger charge is -2.30. The predicted molar refractivity (Wildman–Crippen MR) is 67.3 cm³/mol. The summed E-state index contributed by atoms with van der Waals surface area (Å²) in [5.41, 5.74) is 0. The lowest BCUT2D eigenvalue weighted by atomic mass is 10.00. The standard InChI is InChI=1S/C13H26N2O/c1-10(2)11(3)15(4)13(16)9-12-7-5-6-8-14-12/h10-12,14H,5-9H2,1-4H3. The molecule has 0 aromatic rings. The van der Waals surface area contributed by atoms with Crippen LogP contribution in [0.25, 0.3) is 0 Å². The lowest BCUT2D eigenvalue weighted by Crippen LogP contribution is -2.43. The van der Waals surface area contributed by atoms with E-state index in [0.29, 0.717) is 24.4 Å². The van der Waals surface area contributed by atoms with E-state index in [-0.39, 0.29) is 5.91 Å². The zero-order valence-electron chi connectivity index (χ0n) is 11.1. The number of hydrogen-bond donors (Lipinski definition) is 1. The SMILES string of the molecule is CC(C)C(C)N(C)C(=O)CC1CCCCN1. The number of piperidine rings is 1. The molecule has 0 spiro atoms. The molecule has 2 unspecified atom stereocenters. The van der Waals surface area contributed by atoms with Crippen LogP contribution in [0.2, 0.25) is 0 Å². The van der Waals surface area contributed by atoms with Crippen molar-refractivity contribution >= 4 is 5.91 Å². The Hall–Kier alpha value is -0.570. The van der Waals surface area contributed by atoms with Crippen LogP contribution in [-0.2, 0) is 4.79 Å². The molecule has 0 saturated carbocycles. The lowest BCUT2D eigenvalue weighted by molar-refractivity contribution is -0.133. The summed E-state index contributed by atoms with van der Waals surface area (Å²) in [6, 6.07) is 0.735. The second-order valence-electron chi connectivity index (χ2n) is 5.34. The van der Waals surface area contributed by atoms with Gasteiger partial charge in [0.25, 0.3) is 0 Å². The first-order valence-corrected chi connectivity index (χ1v) is 6.51. The Morgan fingerprint density at radius 2 is 2.06 bits per heavy atom. The fourth-order valence-corrected chi connectivity index (χ4v) is 2.13. The van der Waals surface area contributed by atoms with E-state index >= 15 is 0 Å². The zero-order valence-corrected chi connectivity index (χ0v) is 11.1. The second kappa shape index (κ2) is 6.24. The van der Waals surface area contributed by atoms with Gasteiger partial charge in [0.2, 0.25) is 5.91 Å². The van der Waals surface area contributed by atoms with E-state index in [4.69, 9.17) is 0 Å². The highest BCUT2D eigenvalue weighted by Gasteiger charge is 2.22. The van der Waals surface area contributed by atoms with Crippen LogP contribution in [0, 0.1) is 5.92 Å². The van der Waals surface area contributed by atoms with Gasteiger partial charge in [-0.05, 0) is 32.2 Å². The van der Waals surface area contributed by atoms with Gasteiger partial charge in [-0.2, -0.15) is 0 Å². The van der Waals surface area contributed by atoms with Crippen LogP contribution in [-0.4, -0.2) is 36.5 Å². The van der Waals surface area contributed by atoms with Crippen LogP contribution in [0.1, 0.15) is 46.5 Å². The molecule has 1 amide bonds. The Morgan fingerprint density at radius 3 is 2.56 bits per heavy atom.